The van der Waals surface area contributed by atoms with Crippen molar-refractivity contribution in [1.82, 2.24) is 9.88 Å². The molecule has 0 bridgehead atoms. The maximum Gasteiger partial charge on any atom is 0.421 e. The highest BCUT2D eigenvalue weighted by Crippen LogP contribution is 2.24. The first-order chi connectivity index (χ1) is 13.2. The lowest BCUT2D eigenvalue weighted by Gasteiger charge is -2.07. The second-order valence-electron chi connectivity index (χ2n) is 5.98. The summed E-state index contributed by atoms with van der Waals surface area (Å²) in [5.41, 5.74) is 3.12. The normalized spacial score (nSPS) is 11.4. The number of imidazole rings is 1. The van der Waals surface area contributed by atoms with Crippen molar-refractivity contribution in [3.63, 3.8) is 0 Å². The molecule has 1 aromatic carbocycles. The summed E-state index contributed by atoms with van der Waals surface area (Å²) >= 11 is 0. The minimum Gasteiger partial charge on any atom is -0.726 e. The van der Waals surface area contributed by atoms with E-state index in [1.807, 2.05) is 54.8 Å². The van der Waals surface area contributed by atoms with E-state index in [9.17, 15) is 13.0 Å². The Kier molecular flexibility index (Phi) is 9.73. The molecule has 2 rings (SSSR count). The lowest BCUT2D eigenvalue weighted by molar-refractivity contribution is -0.657. The molecule has 0 aliphatic rings. The molecule has 0 atom stereocenters. The summed E-state index contributed by atoms with van der Waals surface area (Å²) in [6.45, 7) is 4.03. The van der Waals surface area contributed by atoms with E-state index in [2.05, 4.69) is 38.0 Å². The second kappa shape index (κ2) is 11.5. The van der Waals surface area contributed by atoms with Gasteiger partial charge in [0.15, 0.2) is 0 Å². The number of rotatable bonds is 8. The molecule has 0 aliphatic heterocycles. The van der Waals surface area contributed by atoms with Gasteiger partial charge in [-0.05, 0) is 50.7 Å². The predicted molar refractivity (Wildman–Crippen MR) is 106 cm³/mol. The van der Waals surface area contributed by atoms with Gasteiger partial charge in [-0.3, -0.25) is 4.18 Å². The molecule has 0 spiro atoms. The van der Waals surface area contributed by atoms with Crippen molar-refractivity contribution in [2.24, 2.45) is 24.3 Å². The van der Waals surface area contributed by atoms with Crippen LogP contribution in [-0.2, 0) is 28.7 Å². The van der Waals surface area contributed by atoms with Gasteiger partial charge in [0.05, 0.1) is 33.6 Å². The van der Waals surface area contributed by atoms with E-state index in [-0.39, 0.29) is 0 Å². The van der Waals surface area contributed by atoms with Gasteiger partial charge in [0.1, 0.15) is 5.69 Å². The number of azo groups is 1. The summed E-state index contributed by atoms with van der Waals surface area (Å²) in [5.74, 6) is 0.814. The van der Waals surface area contributed by atoms with Gasteiger partial charge < -0.3 is 15.2 Å². The molecule has 0 unspecified atom stereocenters. The van der Waals surface area contributed by atoms with E-state index < -0.39 is 10.4 Å². The molecule has 0 amide bonds. The Morgan fingerprint density at radius 2 is 1.96 bits per heavy atom. The van der Waals surface area contributed by atoms with Crippen LogP contribution in [-0.4, -0.2) is 44.8 Å². The highest BCUT2D eigenvalue weighted by Gasteiger charge is 2.10. The van der Waals surface area contributed by atoms with Gasteiger partial charge >= 0.3 is 5.95 Å². The molecule has 0 saturated heterocycles. The van der Waals surface area contributed by atoms with Gasteiger partial charge in [0.25, 0.3) is 0 Å². The van der Waals surface area contributed by atoms with E-state index in [4.69, 9.17) is 0 Å². The summed E-state index contributed by atoms with van der Waals surface area (Å²) in [6, 6.07) is 6.16. The third-order valence-electron chi connectivity index (χ3n) is 3.73. The van der Waals surface area contributed by atoms with E-state index >= 15 is 0 Å². The van der Waals surface area contributed by atoms with Crippen molar-refractivity contribution < 1.29 is 21.7 Å². The van der Waals surface area contributed by atoms with E-state index in [1.54, 1.807) is 0 Å². The molecule has 0 aliphatic carbocycles. The lowest BCUT2D eigenvalue weighted by Crippen LogP contribution is -2.25. The second-order valence-corrected chi connectivity index (χ2v) is 7.13. The molecule has 28 heavy (non-hydrogen) atoms. The number of aromatic nitrogens is 2. The van der Waals surface area contributed by atoms with Crippen molar-refractivity contribution in [3.8, 4) is 0 Å². The van der Waals surface area contributed by atoms with Crippen LogP contribution in [0.15, 0.2) is 40.8 Å². The van der Waals surface area contributed by atoms with Crippen molar-refractivity contribution >= 4 is 27.7 Å². The zero-order chi connectivity index (χ0) is 21.2. The molecule has 1 heterocycles. The third-order valence-corrected chi connectivity index (χ3v) is 4.13. The van der Waals surface area contributed by atoms with E-state index in [1.165, 1.54) is 0 Å². The van der Waals surface area contributed by atoms with Crippen LogP contribution < -0.4 is 15.2 Å². The van der Waals surface area contributed by atoms with Gasteiger partial charge in [-0.2, -0.15) is 0 Å². The molecule has 1 aromatic heterocycles. The fraction of sp³-hybridized carbons (Fsp3) is 0.471. The minimum absolute atomic E-state index is 0.808. The Bertz CT molecular complexity index is 860. The molecule has 0 saturated carbocycles. The van der Waals surface area contributed by atoms with Crippen LogP contribution in [0.5, 0.6) is 0 Å². The molecule has 10 nitrogen and oxygen atoms in total. The van der Waals surface area contributed by atoms with Gasteiger partial charge in [-0.25, -0.2) is 17.6 Å². The lowest BCUT2D eigenvalue weighted by atomic mass is 10.2. The van der Waals surface area contributed by atoms with Crippen molar-refractivity contribution in [2.75, 3.05) is 32.6 Å². The number of hydrogen-bond acceptors (Lipinski definition) is 8. The van der Waals surface area contributed by atoms with Gasteiger partial charge in [0.2, 0.25) is 10.4 Å². The maximum absolute atomic E-state index is 9.22. The number of nitrogens with zero attached hydrogens (tertiary/aromatic N) is 4. The number of aryl methyl sites for hydroxylation is 3. The van der Waals surface area contributed by atoms with Crippen LogP contribution in [0.1, 0.15) is 12.0 Å². The summed E-state index contributed by atoms with van der Waals surface area (Å²) in [4.78, 5) is 0. The number of benzene rings is 1. The van der Waals surface area contributed by atoms with Gasteiger partial charge in [-0.15, -0.1) is 0 Å². The standard InChI is InChI=1S/C16H24N6.CH4O4S/c1-13-12-14(18-9-5-8-17-2)6-7-15(13)19-20-16-21(3)10-11-22(16)4;1-5-6(2,3)4/h6-7,10-12,17H,5,8-9H2,1-4H3;1H3,(H,2,3,4). The Morgan fingerprint density at radius 3 is 2.46 bits per heavy atom. The van der Waals surface area contributed by atoms with Crippen molar-refractivity contribution in [3.05, 3.63) is 36.2 Å². The van der Waals surface area contributed by atoms with Crippen LogP contribution in [0.25, 0.3) is 0 Å². The predicted octanol–water partition coefficient (Wildman–Crippen LogP) is 1.69. The summed E-state index contributed by atoms with van der Waals surface area (Å²) in [7, 11) is 2.28. The Labute approximate surface area is 166 Å². The highest BCUT2D eigenvalue weighted by molar-refractivity contribution is 7.80. The topological polar surface area (TPSA) is 124 Å². The average molecular weight is 413 g/mol. The quantitative estimate of drug-likeness (QED) is 0.223. The van der Waals surface area contributed by atoms with E-state index in [0.717, 1.165) is 49.5 Å². The van der Waals surface area contributed by atoms with Crippen LogP contribution in [0.4, 0.5) is 17.3 Å². The smallest absolute Gasteiger partial charge is 0.421 e. The zero-order valence-electron chi connectivity index (χ0n) is 16.8. The van der Waals surface area contributed by atoms with Crippen LogP contribution in [0.3, 0.4) is 0 Å². The number of hydrogen-bond donors (Lipinski definition) is 2. The fourth-order valence-corrected chi connectivity index (χ4v) is 2.20. The highest BCUT2D eigenvalue weighted by atomic mass is 32.3. The first-order valence-corrected chi connectivity index (χ1v) is 9.94. The average Bonchev–Trinajstić information content (AvgIpc) is 2.96. The van der Waals surface area contributed by atoms with Crippen LogP contribution in [0, 0.1) is 6.92 Å². The Morgan fingerprint density at radius 1 is 1.29 bits per heavy atom. The zero-order valence-corrected chi connectivity index (χ0v) is 17.7. The maximum atomic E-state index is 9.22. The summed E-state index contributed by atoms with van der Waals surface area (Å²) in [6.07, 6.45) is 5.01. The van der Waals surface area contributed by atoms with Crippen LogP contribution >= 0.6 is 0 Å². The van der Waals surface area contributed by atoms with Gasteiger partial charge in [-0.1, -0.05) is 5.11 Å². The monoisotopic (exact) mass is 412 g/mol. The largest absolute Gasteiger partial charge is 0.726 e. The molecule has 2 aromatic rings. The number of nitrogens with one attached hydrogen (secondary N) is 2. The Hall–Kier alpha value is -2.34. The fourth-order valence-electron chi connectivity index (χ4n) is 2.20. The molecular formula is C17H28N6O4S. The summed E-state index contributed by atoms with van der Waals surface area (Å²) < 4.78 is 34.9. The Balaban J connectivity index is 0.000000568. The minimum atomic E-state index is -4.41. The first kappa shape index (κ1) is 23.7. The van der Waals surface area contributed by atoms with Crippen molar-refractivity contribution in [1.29, 1.82) is 0 Å². The molecular weight excluding hydrogens is 384 g/mol. The molecule has 0 fully saturated rings. The number of anilines is 1. The van der Waals surface area contributed by atoms with Crippen LogP contribution in [0.2, 0.25) is 0 Å². The molecule has 2 N–H and O–H groups in total. The first-order valence-electron chi connectivity index (χ1n) is 8.61. The molecule has 11 heteroatoms. The SMILES string of the molecule is CNCCCNc1ccc(N=Nc2n(C)cc[n+]2C)c(C)c1.COS(=O)(=O)[O-]. The van der Waals surface area contributed by atoms with Gasteiger partial charge in [0, 0.05) is 17.3 Å². The summed E-state index contributed by atoms with van der Waals surface area (Å²) in [5, 5.41) is 15.3. The van der Waals surface area contributed by atoms with Crippen molar-refractivity contribution in [2.45, 2.75) is 13.3 Å². The molecule has 156 valence electrons. The van der Waals surface area contributed by atoms with E-state index in [0.29, 0.717) is 0 Å². The molecule has 0 radical (unpaired) electrons. The third kappa shape index (κ3) is 8.57.